The molecule has 0 saturated carbocycles. The van der Waals surface area contributed by atoms with Crippen molar-refractivity contribution in [2.24, 2.45) is 5.10 Å². The maximum absolute atomic E-state index is 11.8. The van der Waals surface area contributed by atoms with Crippen LogP contribution in [-0.2, 0) is 0 Å². The number of aromatic nitrogens is 2. The van der Waals surface area contributed by atoms with Crippen LogP contribution in [0.2, 0.25) is 5.15 Å². The van der Waals surface area contributed by atoms with Gasteiger partial charge in [-0.15, -0.1) is 11.3 Å². The van der Waals surface area contributed by atoms with Crippen LogP contribution in [-0.4, -0.2) is 21.9 Å². The average Bonchev–Trinajstić information content (AvgIpc) is 3.19. The third kappa shape index (κ3) is 3.33. The molecule has 1 N–H and O–H groups in total. The summed E-state index contributed by atoms with van der Waals surface area (Å²) in [7, 11) is 0. The lowest BCUT2D eigenvalue weighted by molar-refractivity contribution is 0.0959. The Morgan fingerprint density at radius 2 is 2.09 bits per heavy atom. The number of hydrogen-bond donors (Lipinski definition) is 1. The highest BCUT2D eigenvalue weighted by atomic mass is 35.5. The Labute approximate surface area is 142 Å². The molecule has 1 amide bonds. The SMILES string of the molecule is Cc1nn(-c2ccccc2)c(Cl)c1/C=N\NC(=O)c1cccs1. The predicted octanol–water partition coefficient (Wildman–Crippen LogP) is 3.66. The van der Waals surface area contributed by atoms with E-state index in [4.69, 9.17) is 11.6 Å². The zero-order valence-electron chi connectivity index (χ0n) is 12.2. The van der Waals surface area contributed by atoms with Crippen molar-refractivity contribution in [1.82, 2.24) is 15.2 Å². The Hall–Kier alpha value is -2.44. The van der Waals surface area contributed by atoms with Crippen molar-refractivity contribution in [3.05, 3.63) is 69.1 Å². The summed E-state index contributed by atoms with van der Waals surface area (Å²) in [4.78, 5) is 12.4. The number of thiophene rings is 1. The van der Waals surface area contributed by atoms with Gasteiger partial charge in [0, 0.05) is 0 Å². The van der Waals surface area contributed by atoms with E-state index in [1.54, 1.807) is 10.7 Å². The largest absolute Gasteiger partial charge is 0.281 e. The summed E-state index contributed by atoms with van der Waals surface area (Å²) in [5.41, 5.74) is 4.74. The second-order valence-electron chi connectivity index (χ2n) is 4.71. The van der Waals surface area contributed by atoms with Crippen molar-refractivity contribution in [2.45, 2.75) is 6.92 Å². The molecule has 23 heavy (non-hydrogen) atoms. The molecule has 0 aliphatic heterocycles. The summed E-state index contributed by atoms with van der Waals surface area (Å²) < 4.78 is 1.64. The number of benzene rings is 1. The fourth-order valence-corrected chi connectivity index (χ4v) is 2.95. The van der Waals surface area contributed by atoms with E-state index in [1.807, 2.05) is 48.7 Å². The molecule has 0 fully saturated rings. The number of hydrazone groups is 1. The van der Waals surface area contributed by atoms with Gasteiger partial charge >= 0.3 is 0 Å². The first kappa shape index (κ1) is 15.5. The molecule has 7 heteroatoms. The number of rotatable bonds is 4. The number of halogens is 1. The van der Waals surface area contributed by atoms with Gasteiger partial charge in [-0.1, -0.05) is 35.9 Å². The van der Waals surface area contributed by atoms with Gasteiger partial charge in [0.25, 0.3) is 5.91 Å². The maximum Gasteiger partial charge on any atom is 0.281 e. The predicted molar refractivity (Wildman–Crippen MR) is 92.7 cm³/mol. The van der Waals surface area contributed by atoms with E-state index in [0.29, 0.717) is 15.6 Å². The van der Waals surface area contributed by atoms with Crippen LogP contribution in [0.3, 0.4) is 0 Å². The van der Waals surface area contributed by atoms with Crippen LogP contribution in [0.1, 0.15) is 20.9 Å². The van der Waals surface area contributed by atoms with Gasteiger partial charge in [-0.25, -0.2) is 10.1 Å². The molecule has 0 aliphatic rings. The monoisotopic (exact) mass is 344 g/mol. The smallest absolute Gasteiger partial charge is 0.266 e. The van der Waals surface area contributed by atoms with Crippen LogP contribution >= 0.6 is 22.9 Å². The Morgan fingerprint density at radius 1 is 1.30 bits per heavy atom. The minimum Gasteiger partial charge on any atom is -0.266 e. The molecular formula is C16H13ClN4OS. The minimum absolute atomic E-state index is 0.250. The van der Waals surface area contributed by atoms with Crippen molar-refractivity contribution in [3.63, 3.8) is 0 Å². The van der Waals surface area contributed by atoms with Gasteiger partial charge in [0.15, 0.2) is 0 Å². The summed E-state index contributed by atoms with van der Waals surface area (Å²) in [6, 6.07) is 13.1. The Bertz CT molecular complexity index is 841. The molecule has 3 aromatic rings. The summed E-state index contributed by atoms with van der Waals surface area (Å²) >= 11 is 7.73. The summed E-state index contributed by atoms with van der Waals surface area (Å²) in [5, 5.41) is 10.7. The number of carbonyl (C=O) groups excluding carboxylic acids is 1. The van der Waals surface area contributed by atoms with E-state index in [0.717, 1.165) is 11.4 Å². The van der Waals surface area contributed by atoms with E-state index in [1.165, 1.54) is 17.6 Å². The quantitative estimate of drug-likeness (QED) is 0.580. The molecule has 0 saturated heterocycles. The van der Waals surface area contributed by atoms with Crippen LogP contribution in [0.5, 0.6) is 0 Å². The summed E-state index contributed by atoms with van der Waals surface area (Å²) in [5.74, 6) is -0.250. The lowest BCUT2D eigenvalue weighted by Gasteiger charge is -2.01. The molecule has 1 aromatic carbocycles. The van der Waals surface area contributed by atoms with E-state index in [-0.39, 0.29) is 5.91 Å². The third-order valence-electron chi connectivity index (χ3n) is 3.15. The van der Waals surface area contributed by atoms with Gasteiger partial charge < -0.3 is 0 Å². The fraction of sp³-hybridized carbons (Fsp3) is 0.0625. The van der Waals surface area contributed by atoms with Gasteiger partial charge in [0.1, 0.15) is 5.15 Å². The van der Waals surface area contributed by atoms with E-state index < -0.39 is 0 Å². The number of aryl methyl sites for hydroxylation is 1. The zero-order valence-corrected chi connectivity index (χ0v) is 13.8. The van der Waals surface area contributed by atoms with E-state index in [9.17, 15) is 4.79 Å². The van der Waals surface area contributed by atoms with Gasteiger partial charge in [-0.3, -0.25) is 4.79 Å². The zero-order chi connectivity index (χ0) is 16.2. The molecule has 0 bridgehead atoms. The summed E-state index contributed by atoms with van der Waals surface area (Å²) in [6.07, 6.45) is 1.51. The normalized spacial score (nSPS) is 11.0. The second kappa shape index (κ2) is 6.76. The van der Waals surface area contributed by atoms with Crippen molar-refractivity contribution in [3.8, 4) is 5.69 Å². The molecule has 0 radical (unpaired) electrons. The molecule has 3 rings (SSSR count). The van der Waals surface area contributed by atoms with Crippen LogP contribution in [0.25, 0.3) is 5.69 Å². The first-order valence-electron chi connectivity index (χ1n) is 6.84. The molecule has 0 unspecified atom stereocenters. The molecule has 2 aromatic heterocycles. The molecule has 0 spiro atoms. The average molecular weight is 345 g/mol. The number of para-hydroxylation sites is 1. The number of nitrogens with zero attached hydrogens (tertiary/aromatic N) is 3. The molecular weight excluding hydrogens is 332 g/mol. The fourth-order valence-electron chi connectivity index (χ4n) is 2.02. The van der Waals surface area contributed by atoms with Crippen molar-refractivity contribution >= 4 is 35.1 Å². The topological polar surface area (TPSA) is 59.3 Å². The molecule has 2 heterocycles. The van der Waals surface area contributed by atoms with Crippen molar-refractivity contribution in [2.75, 3.05) is 0 Å². The highest BCUT2D eigenvalue weighted by molar-refractivity contribution is 7.12. The minimum atomic E-state index is -0.250. The van der Waals surface area contributed by atoms with Crippen LogP contribution in [0, 0.1) is 6.92 Å². The Balaban J connectivity index is 1.80. The van der Waals surface area contributed by atoms with Crippen LogP contribution < -0.4 is 5.43 Å². The number of hydrogen-bond acceptors (Lipinski definition) is 4. The maximum atomic E-state index is 11.8. The molecule has 116 valence electrons. The highest BCUT2D eigenvalue weighted by Gasteiger charge is 2.13. The van der Waals surface area contributed by atoms with Crippen molar-refractivity contribution < 1.29 is 4.79 Å². The lowest BCUT2D eigenvalue weighted by Crippen LogP contribution is -2.16. The van der Waals surface area contributed by atoms with E-state index in [2.05, 4.69) is 15.6 Å². The third-order valence-corrected chi connectivity index (χ3v) is 4.39. The standard InChI is InChI=1S/C16H13ClN4OS/c1-11-13(10-18-19-16(22)14-8-5-9-23-14)15(17)21(20-11)12-6-3-2-4-7-12/h2-10H,1H3,(H,19,22)/b18-10-. The lowest BCUT2D eigenvalue weighted by atomic mass is 10.3. The van der Waals surface area contributed by atoms with Gasteiger partial charge in [-0.2, -0.15) is 10.2 Å². The first-order valence-corrected chi connectivity index (χ1v) is 8.10. The number of amides is 1. The second-order valence-corrected chi connectivity index (χ2v) is 6.02. The summed E-state index contributed by atoms with van der Waals surface area (Å²) in [6.45, 7) is 1.84. The van der Waals surface area contributed by atoms with Gasteiger partial charge in [-0.05, 0) is 30.5 Å². The highest BCUT2D eigenvalue weighted by Crippen LogP contribution is 2.21. The Morgan fingerprint density at radius 3 is 2.78 bits per heavy atom. The van der Waals surface area contributed by atoms with Gasteiger partial charge in [0.2, 0.25) is 0 Å². The molecule has 0 aliphatic carbocycles. The molecule has 0 atom stereocenters. The van der Waals surface area contributed by atoms with Crippen molar-refractivity contribution in [1.29, 1.82) is 0 Å². The van der Waals surface area contributed by atoms with Gasteiger partial charge in [0.05, 0.1) is 28.0 Å². The number of carbonyl (C=O) groups is 1. The molecule has 5 nitrogen and oxygen atoms in total. The van der Waals surface area contributed by atoms with Crippen LogP contribution in [0.15, 0.2) is 52.9 Å². The van der Waals surface area contributed by atoms with E-state index >= 15 is 0 Å². The first-order chi connectivity index (χ1) is 11.2. The Kier molecular flexibility index (Phi) is 4.55. The van der Waals surface area contributed by atoms with Crippen LogP contribution in [0.4, 0.5) is 0 Å². The number of nitrogens with one attached hydrogen (secondary N) is 1.